The number of pyridine rings is 1. The highest BCUT2D eigenvalue weighted by molar-refractivity contribution is 5.98. The van der Waals surface area contributed by atoms with Crippen LogP contribution in [0.4, 0.5) is 10.2 Å². The van der Waals surface area contributed by atoms with Crippen LogP contribution in [0.1, 0.15) is 67.6 Å². The molecule has 11 heteroatoms. The van der Waals surface area contributed by atoms with Gasteiger partial charge >= 0.3 is 6.01 Å². The van der Waals surface area contributed by atoms with Crippen molar-refractivity contribution in [2.24, 2.45) is 11.3 Å². The molecule has 43 heavy (non-hydrogen) atoms. The quantitative estimate of drug-likeness (QED) is 0.414. The summed E-state index contributed by atoms with van der Waals surface area (Å²) >= 11 is 0. The Kier molecular flexibility index (Phi) is 6.12. The minimum atomic E-state index is -0.487. The summed E-state index contributed by atoms with van der Waals surface area (Å²) in [4.78, 5) is 27.0. The number of rotatable bonds is 8. The molecule has 2 bridgehead atoms. The van der Waals surface area contributed by atoms with Gasteiger partial charge in [0.1, 0.15) is 23.4 Å². The van der Waals surface area contributed by atoms with Gasteiger partial charge < -0.3 is 24.6 Å². The average molecular weight is 586 g/mol. The standard InChI is InChI=1S/C32H36FN7O3/c1-19(2)40(32-10-20(11-32)12-32)29(41)23-9-21(33)3-4-26(23)43-30-37-28(16-36-38-30)39-17-31(18-39)13-22(14-31)42-27-6-8-35-25-5-7-34-15-24(25)27/h3-4,6,8-9,16,19-20,22,34H,5,7,10-15,17-18H2,1-2H3. The van der Waals surface area contributed by atoms with E-state index < -0.39 is 5.82 Å². The maximum Gasteiger partial charge on any atom is 0.343 e. The molecule has 5 fully saturated rings. The Hall–Kier alpha value is -3.86. The maximum absolute atomic E-state index is 14.4. The van der Waals surface area contributed by atoms with E-state index in [1.165, 1.54) is 23.8 Å². The highest BCUT2D eigenvalue weighted by Crippen LogP contribution is 2.61. The average Bonchev–Trinajstić information content (AvgIpc) is 2.91. The molecule has 0 unspecified atom stereocenters. The molecule has 2 aliphatic heterocycles. The van der Waals surface area contributed by atoms with E-state index in [1.807, 2.05) is 31.0 Å². The molecule has 224 valence electrons. The van der Waals surface area contributed by atoms with E-state index in [0.717, 1.165) is 76.1 Å². The first-order valence-corrected chi connectivity index (χ1v) is 15.4. The number of nitrogens with one attached hydrogen (secondary N) is 1. The van der Waals surface area contributed by atoms with Crippen molar-refractivity contribution in [3.63, 3.8) is 0 Å². The van der Waals surface area contributed by atoms with Gasteiger partial charge in [-0.3, -0.25) is 9.78 Å². The number of carbonyl (C=O) groups is 1. The zero-order valence-corrected chi connectivity index (χ0v) is 24.6. The molecule has 4 aliphatic carbocycles. The summed E-state index contributed by atoms with van der Waals surface area (Å²) in [6, 6.07) is 6.02. The molecule has 1 N–H and O–H groups in total. The lowest BCUT2D eigenvalue weighted by Crippen LogP contribution is -2.71. The number of fused-ring (bicyclic) bond motifs is 1. The molecule has 2 aromatic heterocycles. The van der Waals surface area contributed by atoms with Gasteiger partial charge in [-0.15, -0.1) is 0 Å². The van der Waals surface area contributed by atoms with Crippen molar-refractivity contribution >= 4 is 11.7 Å². The lowest BCUT2D eigenvalue weighted by atomic mass is 9.48. The van der Waals surface area contributed by atoms with Crippen molar-refractivity contribution in [3.05, 3.63) is 59.3 Å². The second kappa shape index (κ2) is 9.83. The lowest BCUT2D eigenvalue weighted by molar-refractivity contribution is -0.134. The molecular formula is C32H36FN7O3. The molecule has 10 nitrogen and oxygen atoms in total. The lowest BCUT2D eigenvalue weighted by Gasteiger charge is -2.67. The molecular weight excluding hydrogens is 549 g/mol. The van der Waals surface area contributed by atoms with E-state index in [2.05, 4.69) is 30.4 Å². The van der Waals surface area contributed by atoms with Gasteiger partial charge in [-0.05, 0) is 76.1 Å². The normalized spacial score (nSPS) is 24.7. The minimum Gasteiger partial charge on any atom is -0.490 e. The summed E-state index contributed by atoms with van der Waals surface area (Å²) in [5.74, 6) is 1.86. The van der Waals surface area contributed by atoms with Crippen molar-refractivity contribution < 1.29 is 18.7 Å². The fourth-order valence-electron chi connectivity index (χ4n) is 7.99. The van der Waals surface area contributed by atoms with E-state index in [-0.39, 0.29) is 46.3 Å². The fraction of sp³-hybridized carbons (Fsp3) is 0.531. The minimum absolute atomic E-state index is 0.00610. The molecule has 6 aliphatic rings. The summed E-state index contributed by atoms with van der Waals surface area (Å²) in [5, 5.41) is 11.6. The molecule has 1 spiro atoms. The van der Waals surface area contributed by atoms with Crippen LogP contribution >= 0.6 is 0 Å². The number of hydrogen-bond donors (Lipinski definition) is 1. The van der Waals surface area contributed by atoms with Crippen LogP contribution in [0.25, 0.3) is 0 Å². The smallest absolute Gasteiger partial charge is 0.343 e. The molecule has 0 atom stereocenters. The van der Waals surface area contributed by atoms with E-state index in [9.17, 15) is 9.18 Å². The highest BCUT2D eigenvalue weighted by Gasteiger charge is 2.62. The van der Waals surface area contributed by atoms with Gasteiger partial charge in [0, 0.05) is 67.0 Å². The van der Waals surface area contributed by atoms with Gasteiger partial charge in [0.2, 0.25) is 0 Å². The van der Waals surface area contributed by atoms with Crippen molar-refractivity contribution in [2.45, 2.75) is 76.6 Å². The number of aromatic nitrogens is 4. The van der Waals surface area contributed by atoms with E-state index in [0.29, 0.717) is 11.7 Å². The summed E-state index contributed by atoms with van der Waals surface area (Å²) in [6.07, 6.45) is 9.65. The van der Waals surface area contributed by atoms with Gasteiger partial charge in [-0.1, -0.05) is 5.10 Å². The molecule has 1 saturated heterocycles. The second-order valence-electron chi connectivity index (χ2n) is 13.5. The van der Waals surface area contributed by atoms with Crippen molar-refractivity contribution in [1.82, 2.24) is 30.4 Å². The maximum atomic E-state index is 14.4. The van der Waals surface area contributed by atoms with Crippen LogP contribution in [0, 0.1) is 17.2 Å². The predicted molar refractivity (Wildman–Crippen MR) is 156 cm³/mol. The van der Waals surface area contributed by atoms with Gasteiger partial charge in [-0.2, -0.15) is 10.1 Å². The third kappa shape index (κ3) is 4.51. The number of carbonyl (C=O) groups excluding carboxylic acids is 1. The first-order chi connectivity index (χ1) is 20.8. The van der Waals surface area contributed by atoms with Gasteiger partial charge in [0.05, 0.1) is 11.8 Å². The predicted octanol–water partition coefficient (Wildman–Crippen LogP) is 4.29. The van der Waals surface area contributed by atoms with E-state index in [1.54, 1.807) is 6.20 Å². The van der Waals surface area contributed by atoms with Crippen LogP contribution in [0.15, 0.2) is 36.7 Å². The van der Waals surface area contributed by atoms with Crippen LogP contribution in [0.2, 0.25) is 0 Å². The zero-order chi connectivity index (χ0) is 29.3. The third-order valence-electron chi connectivity index (χ3n) is 10.1. The monoisotopic (exact) mass is 585 g/mol. The zero-order valence-electron chi connectivity index (χ0n) is 24.6. The SMILES string of the molecule is CC(C)N(C(=O)c1cc(F)ccc1Oc1nncc(N2CC3(CC(Oc4ccnc5c4CNCC5)C3)C2)n1)C12CC(C1)C2. The molecule has 4 heterocycles. The van der Waals surface area contributed by atoms with Gasteiger partial charge in [0.25, 0.3) is 5.91 Å². The van der Waals surface area contributed by atoms with Crippen LogP contribution in [-0.2, 0) is 13.0 Å². The molecule has 1 amide bonds. The number of hydrogen-bond acceptors (Lipinski definition) is 9. The second-order valence-corrected chi connectivity index (χ2v) is 13.5. The summed E-state index contributed by atoms with van der Waals surface area (Å²) in [7, 11) is 0. The number of nitrogens with zero attached hydrogens (tertiary/aromatic N) is 6. The molecule has 1 aromatic carbocycles. The summed E-state index contributed by atoms with van der Waals surface area (Å²) < 4.78 is 26.8. The van der Waals surface area contributed by atoms with E-state index >= 15 is 0 Å². The Balaban J connectivity index is 0.925. The van der Waals surface area contributed by atoms with Crippen molar-refractivity contribution in [2.75, 3.05) is 24.5 Å². The number of benzene rings is 1. The Morgan fingerprint density at radius 1 is 1.14 bits per heavy atom. The third-order valence-corrected chi connectivity index (χ3v) is 10.1. The van der Waals surface area contributed by atoms with Crippen LogP contribution in [0.3, 0.4) is 0 Å². The van der Waals surface area contributed by atoms with Gasteiger partial charge in [0.15, 0.2) is 5.82 Å². The van der Waals surface area contributed by atoms with Crippen LogP contribution < -0.4 is 19.7 Å². The first-order valence-electron chi connectivity index (χ1n) is 15.4. The summed E-state index contributed by atoms with van der Waals surface area (Å²) in [5.41, 5.74) is 2.61. The highest BCUT2D eigenvalue weighted by atomic mass is 19.1. The first kappa shape index (κ1) is 26.7. The van der Waals surface area contributed by atoms with Crippen LogP contribution in [-0.4, -0.2) is 68.3 Å². The largest absolute Gasteiger partial charge is 0.490 e. The Bertz CT molecular complexity index is 1570. The van der Waals surface area contributed by atoms with E-state index in [4.69, 9.17) is 9.47 Å². The number of amides is 1. The molecule has 3 aromatic rings. The van der Waals surface area contributed by atoms with Crippen molar-refractivity contribution in [3.8, 4) is 17.5 Å². The fourth-order valence-corrected chi connectivity index (χ4v) is 7.99. The van der Waals surface area contributed by atoms with Crippen LogP contribution in [0.5, 0.6) is 17.5 Å². The Morgan fingerprint density at radius 2 is 1.95 bits per heavy atom. The topological polar surface area (TPSA) is 106 Å². The van der Waals surface area contributed by atoms with Gasteiger partial charge in [-0.25, -0.2) is 4.39 Å². The summed E-state index contributed by atoms with van der Waals surface area (Å²) in [6.45, 7) is 7.49. The molecule has 0 radical (unpaired) electrons. The van der Waals surface area contributed by atoms with Crippen molar-refractivity contribution in [1.29, 1.82) is 0 Å². The Labute approximate surface area is 250 Å². The molecule has 9 rings (SSSR count). The number of ether oxygens (including phenoxy) is 2. The Morgan fingerprint density at radius 3 is 2.70 bits per heavy atom. The molecule has 4 saturated carbocycles. The number of anilines is 1. The number of halogens is 1.